The molecular weight excluding hydrogens is 276 g/mol. The standard InChI is InChI=1S/C18H18N2O2/c1-11-3-6-13(7-4-11)19-18(22)16-10-17(21)14-9-12(2)5-8-15(14)20-16/h3-9,16,20H,10H2,1-2H3,(H,19,22). The fourth-order valence-electron chi connectivity index (χ4n) is 2.57. The van der Waals surface area contributed by atoms with Crippen LogP contribution >= 0.6 is 0 Å². The first-order chi connectivity index (χ1) is 10.5. The zero-order valence-corrected chi connectivity index (χ0v) is 12.6. The summed E-state index contributed by atoms with van der Waals surface area (Å²) in [6.07, 6.45) is 0.175. The van der Waals surface area contributed by atoms with Crippen molar-refractivity contribution in [3.05, 3.63) is 59.2 Å². The molecule has 0 spiro atoms. The van der Waals surface area contributed by atoms with E-state index in [0.717, 1.165) is 22.5 Å². The predicted octanol–water partition coefficient (Wildman–Crippen LogP) is 3.31. The second-order valence-corrected chi connectivity index (χ2v) is 5.73. The Morgan fingerprint density at radius 2 is 1.77 bits per heavy atom. The Hall–Kier alpha value is -2.62. The predicted molar refractivity (Wildman–Crippen MR) is 87.3 cm³/mol. The number of nitrogens with one attached hydrogen (secondary N) is 2. The molecule has 1 unspecified atom stereocenters. The number of Topliss-reactive ketones (excluding diaryl/α,β-unsaturated/α-hetero) is 1. The maximum absolute atomic E-state index is 12.3. The molecule has 1 amide bonds. The Labute approximate surface area is 129 Å². The Morgan fingerprint density at radius 3 is 2.50 bits per heavy atom. The summed E-state index contributed by atoms with van der Waals surface area (Å²) in [7, 11) is 0. The van der Waals surface area contributed by atoms with Crippen molar-refractivity contribution >= 4 is 23.1 Å². The first kappa shape index (κ1) is 14.3. The van der Waals surface area contributed by atoms with Crippen molar-refractivity contribution in [1.29, 1.82) is 0 Å². The number of anilines is 2. The SMILES string of the molecule is Cc1ccc(NC(=O)C2CC(=O)c3cc(C)ccc3N2)cc1. The minimum Gasteiger partial charge on any atom is -0.373 e. The zero-order valence-electron chi connectivity index (χ0n) is 12.6. The molecule has 0 saturated carbocycles. The minimum absolute atomic E-state index is 0.00139. The van der Waals surface area contributed by atoms with Crippen LogP contribution in [-0.2, 0) is 4.79 Å². The lowest BCUT2D eigenvalue weighted by Gasteiger charge is -2.25. The molecule has 0 aliphatic carbocycles. The van der Waals surface area contributed by atoms with Gasteiger partial charge in [-0.05, 0) is 38.1 Å². The van der Waals surface area contributed by atoms with Crippen molar-refractivity contribution in [3.8, 4) is 0 Å². The molecule has 22 heavy (non-hydrogen) atoms. The number of ketones is 1. The monoisotopic (exact) mass is 294 g/mol. The molecule has 0 radical (unpaired) electrons. The Balaban J connectivity index is 1.76. The topological polar surface area (TPSA) is 58.2 Å². The molecule has 2 aromatic carbocycles. The highest BCUT2D eigenvalue weighted by molar-refractivity contribution is 6.09. The van der Waals surface area contributed by atoms with Crippen molar-refractivity contribution in [3.63, 3.8) is 0 Å². The Bertz CT molecular complexity index is 735. The first-order valence-electron chi connectivity index (χ1n) is 7.31. The fourth-order valence-corrected chi connectivity index (χ4v) is 2.57. The van der Waals surface area contributed by atoms with Gasteiger partial charge in [0.2, 0.25) is 5.91 Å². The number of rotatable bonds is 2. The molecule has 1 aliphatic heterocycles. The Kier molecular flexibility index (Phi) is 3.67. The number of aryl methyl sites for hydroxylation is 2. The van der Waals surface area contributed by atoms with Crippen molar-refractivity contribution in [2.75, 3.05) is 10.6 Å². The number of hydrogen-bond acceptors (Lipinski definition) is 3. The molecule has 0 saturated heterocycles. The number of hydrogen-bond donors (Lipinski definition) is 2. The third-order valence-corrected chi connectivity index (χ3v) is 3.83. The molecule has 4 nitrogen and oxygen atoms in total. The Morgan fingerprint density at radius 1 is 1.09 bits per heavy atom. The summed E-state index contributed by atoms with van der Waals surface area (Å²) in [6.45, 7) is 3.94. The van der Waals surface area contributed by atoms with Gasteiger partial charge in [0.15, 0.2) is 5.78 Å². The molecule has 1 heterocycles. The second-order valence-electron chi connectivity index (χ2n) is 5.73. The van der Waals surface area contributed by atoms with Crippen LogP contribution in [0.25, 0.3) is 0 Å². The highest BCUT2D eigenvalue weighted by Gasteiger charge is 2.29. The first-order valence-corrected chi connectivity index (χ1v) is 7.31. The molecule has 1 atom stereocenters. The van der Waals surface area contributed by atoms with Crippen LogP contribution in [0.15, 0.2) is 42.5 Å². The second kappa shape index (κ2) is 5.64. The number of carbonyl (C=O) groups excluding carboxylic acids is 2. The van der Waals surface area contributed by atoms with Crippen LogP contribution in [0.5, 0.6) is 0 Å². The van der Waals surface area contributed by atoms with Gasteiger partial charge < -0.3 is 10.6 Å². The lowest BCUT2D eigenvalue weighted by Crippen LogP contribution is -2.39. The molecular formula is C18H18N2O2. The quantitative estimate of drug-likeness (QED) is 0.893. The van der Waals surface area contributed by atoms with E-state index in [2.05, 4.69) is 10.6 Å². The van der Waals surface area contributed by atoms with Gasteiger partial charge in [-0.1, -0.05) is 29.3 Å². The minimum atomic E-state index is -0.538. The van der Waals surface area contributed by atoms with Gasteiger partial charge in [0.1, 0.15) is 6.04 Å². The van der Waals surface area contributed by atoms with E-state index < -0.39 is 6.04 Å². The summed E-state index contributed by atoms with van der Waals surface area (Å²) in [5, 5.41) is 6.00. The molecule has 112 valence electrons. The summed E-state index contributed by atoms with van der Waals surface area (Å²) in [6, 6.07) is 12.7. The van der Waals surface area contributed by atoms with E-state index in [0.29, 0.717) is 5.56 Å². The van der Waals surface area contributed by atoms with E-state index in [9.17, 15) is 9.59 Å². The zero-order chi connectivity index (χ0) is 15.7. The molecule has 1 aliphatic rings. The van der Waals surface area contributed by atoms with Gasteiger partial charge in [-0.2, -0.15) is 0 Å². The van der Waals surface area contributed by atoms with Gasteiger partial charge >= 0.3 is 0 Å². The summed E-state index contributed by atoms with van der Waals surface area (Å²) in [5.74, 6) is -0.190. The number of amides is 1. The highest BCUT2D eigenvalue weighted by Crippen LogP contribution is 2.26. The molecule has 2 N–H and O–H groups in total. The number of carbonyl (C=O) groups is 2. The molecule has 0 fully saturated rings. The van der Waals surface area contributed by atoms with E-state index in [-0.39, 0.29) is 18.1 Å². The van der Waals surface area contributed by atoms with Crippen LogP contribution in [-0.4, -0.2) is 17.7 Å². The summed E-state index contributed by atoms with van der Waals surface area (Å²) >= 11 is 0. The van der Waals surface area contributed by atoms with Gasteiger partial charge in [-0.25, -0.2) is 0 Å². The van der Waals surface area contributed by atoms with Crippen LogP contribution in [0.1, 0.15) is 27.9 Å². The van der Waals surface area contributed by atoms with Crippen LogP contribution in [0.4, 0.5) is 11.4 Å². The molecule has 4 heteroatoms. The van der Waals surface area contributed by atoms with Gasteiger partial charge in [0.25, 0.3) is 0 Å². The molecule has 3 rings (SSSR count). The van der Waals surface area contributed by atoms with E-state index >= 15 is 0 Å². The lowest BCUT2D eigenvalue weighted by atomic mass is 9.95. The third-order valence-electron chi connectivity index (χ3n) is 3.83. The van der Waals surface area contributed by atoms with E-state index in [1.54, 1.807) is 0 Å². The average molecular weight is 294 g/mol. The lowest BCUT2D eigenvalue weighted by molar-refractivity contribution is -0.116. The van der Waals surface area contributed by atoms with Gasteiger partial charge in [-0.15, -0.1) is 0 Å². The summed E-state index contributed by atoms with van der Waals surface area (Å²) in [5.41, 5.74) is 4.30. The largest absolute Gasteiger partial charge is 0.373 e. The maximum atomic E-state index is 12.3. The van der Waals surface area contributed by atoms with Gasteiger partial charge in [0, 0.05) is 23.4 Å². The van der Waals surface area contributed by atoms with Crippen molar-refractivity contribution in [2.45, 2.75) is 26.3 Å². The van der Waals surface area contributed by atoms with Crippen molar-refractivity contribution < 1.29 is 9.59 Å². The van der Waals surface area contributed by atoms with E-state index in [1.807, 2.05) is 56.3 Å². The van der Waals surface area contributed by atoms with E-state index in [4.69, 9.17) is 0 Å². The van der Waals surface area contributed by atoms with Crippen LogP contribution in [0.2, 0.25) is 0 Å². The molecule has 0 aromatic heterocycles. The van der Waals surface area contributed by atoms with Gasteiger partial charge in [-0.3, -0.25) is 9.59 Å². The average Bonchev–Trinajstić information content (AvgIpc) is 2.50. The van der Waals surface area contributed by atoms with Crippen molar-refractivity contribution in [2.24, 2.45) is 0 Å². The van der Waals surface area contributed by atoms with Crippen LogP contribution < -0.4 is 10.6 Å². The summed E-state index contributed by atoms with van der Waals surface area (Å²) < 4.78 is 0. The normalized spacial score (nSPS) is 16.6. The smallest absolute Gasteiger partial charge is 0.247 e. The fraction of sp³-hybridized carbons (Fsp3) is 0.222. The van der Waals surface area contributed by atoms with E-state index in [1.165, 1.54) is 0 Å². The molecule has 2 aromatic rings. The van der Waals surface area contributed by atoms with Crippen LogP contribution in [0.3, 0.4) is 0 Å². The number of benzene rings is 2. The van der Waals surface area contributed by atoms with Crippen molar-refractivity contribution in [1.82, 2.24) is 0 Å². The highest BCUT2D eigenvalue weighted by atomic mass is 16.2. The van der Waals surface area contributed by atoms with Gasteiger partial charge in [0.05, 0.1) is 0 Å². The maximum Gasteiger partial charge on any atom is 0.247 e. The summed E-state index contributed by atoms with van der Waals surface area (Å²) in [4.78, 5) is 24.6. The molecule has 0 bridgehead atoms. The third kappa shape index (κ3) is 2.86. The van der Waals surface area contributed by atoms with Crippen LogP contribution in [0, 0.1) is 13.8 Å². The number of fused-ring (bicyclic) bond motifs is 1.